The molecule has 16 nitrogen and oxygen atoms in total. The molecule has 0 radical (unpaired) electrons. The molecular formula is C59H56F8N6O10. The Morgan fingerprint density at radius 1 is 0.554 bits per heavy atom. The van der Waals surface area contributed by atoms with E-state index in [2.05, 4.69) is 9.97 Å². The number of hydrogen-bond acceptors (Lipinski definition) is 11. The number of imidazole rings is 2. The van der Waals surface area contributed by atoms with Crippen LogP contribution in [0.2, 0.25) is 0 Å². The number of carboxylic acids is 1. The normalized spacial score (nSPS) is 11.9. The molecule has 24 heteroatoms. The summed E-state index contributed by atoms with van der Waals surface area (Å²) >= 11 is 0. The molecule has 0 bridgehead atoms. The molecule has 1 N–H and O–H groups in total. The Kier molecular flexibility index (Phi) is 18.1. The van der Waals surface area contributed by atoms with E-state index in [0.29, 0.717) is 39.2 Å². The van der Waals surface area contributed by atoms with E-state index < -0.39 is 85.2 Å². The Balaban J connectivity index is 0.000000239. The zero-order valence-corrected chi connectivity index (χ0v) is 46.2. The first-order chi connectivity index (χ1) is 38.8. The lowest BCUT2D eigenvalue weighted by atomic mass is 10.0. The van der Waals surface area contributed by atoms with Gasteiger partial charge in [-0.15, -0.1) is 0 Å². The van der Waals surface area contributed by atoms with Gasteiger partial charge in [0.1, 0.15) is 45.8 Å². The molecule has 0 saturated heterocycles. The molecule has 0 atom stereocenters. The zero-order chi connectivity index (χ0) is 60.9. The van der Waals surface area contributed by atoms with Crippen molar-refractivity contribution in [2.75, 3.05) is 30.0 Å². The molecule has 0 aliphatic carbocycles. The van der Waals surface area contributed by atoms with Crippen molar-refractivity contribution in [1.29, 1.82) is 0 Å². The van der Waals surface area contributed by atoms with E-state index in [1.54, 1.807) is 90.1 Å². The van der Waals surface area contributed by atoms with Gasteiger partial charge in [-0.05, 0) is 115 Å². The number of carbonyl (C=O) groups is 4. The molecule has 8 aromatic rings. The van der Waals surface area contributed by atoms with Crippen molar-refractivity contribution in [3.8, 4) is 45.5 Å². The fourth-order valence-corrected chi connectivity index (χ4v) is 8.32. The highest BCUT2D eigenvalue weighted by atomic mass is 19.4. The van der Waals surface area contributed by atoms with Crippen LogP contribution >= 0.6 is 0 Å². The molecule has 0 saturated carbocycles. The molecule has 0 aliphatic heterocycles. The predicted molar refractivity (Wildman–Crippen MR) is 290 cm³/mol. The highest BCUT2D eigenvalue weighted by molar-refractivity contribution is 5.96. The Bertz CT molecular complexity index is 3710. The Hall–Kier alpha value is -9.22. The number of aryl methyl sites for hydroxylation is 2. The number of amides is 2. The quantitative estimate of drug-likeness (QED) is 0.0620. The van der Waals surface area contributed by atoms with Crippen molar-refractivity contribution in [2.24, 2.45) is 0 Å². The van der Waals surface area contributed by atoms with Gasteiger partial charge < -0.3 is 28.8 Å². The lowest BCUT2D eigenvalue weighted by molar-refractivity contribution is -0.133. The van der Waals surface area contributed by atoms with Crippen LogP contribution in [-0.4, -0.2) is 91.8 Å². The number of pyridine rings is 2. The van der Waals surface area contributed by atoms with Gasteiger partial charge in [-0.3, -0.25) is 18.6 Å². The van der Waals surface area contributed by atoms with Gasteiger partial charge in [0.2, 0.25) is 0 Å². The topological polar surface area (TPSA) is 176 Å². The first-order valence-corrected chi connectivity index (χ1v) is 25.3. The molecule has 8 rings (SSSR count). The van der Waals surface area contributed by atoms with E-state index in [4.69, 9.17) is 23.7 Å². The third-order valence-corrected chi connectivity index (χ3v) is 11.9. The second kappa shape index (κ2) is 24.5. The molecule has 438 valence electrons. The maximum Gasteiger partial charge on any atom is 0.414 e. The number of alkyl halides is 6. The van der Waals surface area contributed by atoms with Crippen molar-refractivity contribution in [3.63, 3.8) is 0 Å². The number of ether oxygens (including phenoxy) is 5. The predicted octanol–water partition coefficient (Wildman–Crippen LogP) is 15.4. The molecule has 4 heterocycles. The van der Waals surface area contributed by atoms with Gasteiger partial charge >= 0.3 is 36.5 Å². The van der Waals surface area contributed by atoms with Gasteiger partial charge in [0.05, 0.1) is 78.6 Å². The smallest absolute Gasteiger partial charge is 0.414 e. The number of esters is 1. The van der Waals surface area contributed by atoms with Crippen LogP contribution in [0.3, 0.4) is 0 Å². The second-order valence-electron chi connectivity index (χ2n) is 20.8. The van der Waals surface area contributed by atoms with Gasteiger partial charge in [-0.2, -0.15) is 26.3 Å². The fraction of sp³-hybridized carbons (Fsp3) is 0.288. The zero-order valence-electron chi connectivity index (χ0n) is 46.2. The highest BCUT2D eigenvalue weighted by Crippen LogP contribution is 2.38. The number of benzene rings is 4. The van der Waals surface area contributed by atoms with Crippen molar-refractivity contribution in [2.45, 2.75) is 91.8 Å². The molecule has 0 unspecified atom stereocenters. The maximum absolute atomic E-state index is 13.9. The average Bonchev–Trinajstić information content (AvgIpc) is 3.86. The van der Waals surface area contributed by atoms with Gasteiger partial charge in [0, 0.05) is 48.5 Å². The van der Waals surface area contributed by atoms with E-state index in [1.807, 2.05) is 0 Å². The number of aromatic nitrogens is 4. The number of anilines is 2. The van der Waals surface area contributed by atoms with Crippen LogP contribution in [0.4, 0.5) is 56.1 Å². The summed E-state index contributed by atoms with van der Waals surface area (Å²) in [6.07, 6.45) is -7.88. The molecule has 2 amide bonds. The molecule has 83 heavy (non-hydrogen) atoms. The van der Waals surface area contributed by atoms with Gasteiger partial charge in [0.15, 0.2) is 11.3 Å². The SMILES string of the molecule is COC(=O)c1ccc(-c2cnc3c(N(CCC(F)(F)F)C(=O)OC(C)(C)C)cc(Oc4cccc(F)c4)cn23)cc1C.Cc1cc(-c2cnc3c(N(CCC(F)(F)F)C(=O)OC(C)(C)C)cc(Oc4cccc(F)c4)cn23)ccc1C(=O)O. The number of rotatable bonds is 14. The van der Waals surface area contributed by atoms with Gasteiger partial charge in [-0.25, -0.2) is 37.9 Å². The van der Waals surface area contributed by atoms with Crippen LogP contribution in [-0.2, 0) is 14.2 Å². The monoisotopic (exact) mass is 1160 g/mol. The van der Waals surface area contributed by atoms with Crippen molar-refractivity contribution in [3.05, 3.63) is 156 Å². The molecule has 4 aromatic heterocycles. The number of methoxy groups -OCH3 is 1. The summed E-state index contributed by atoms with van der Waals surface area (Å²) in [5.74, 6) is -2.35. The van der Waals surface area contributed by atoms with E-state index in [0.717, 1.165) is 21.9 Å². The third kappa shape index (κ3) is 16.0. The Morgan fingerprint density at radius 3 is 1.29 bits per heavy atom. The van der Waals surface area contributed by atoms with E-state index in [1.165, 1.54) is 90.9 Å². The standard InChI is InChI=1S/C30H29F4N3O5.C29H27F4N3O5/c1-18-13-19(9-10-23(18)27(38)40-5)25-16-35-26-24(36(12-11-30(32,33)34)28(39)42-29(2,3)4)15-22(17-37(25)26)41-21-8-6-7-20(31)14-21;1-17-12-18(8-9-22(17)26(37)38)24-15-34-25-23(35(11-10-29(31,32)33)27(39)41-28(2,3)4)14-21(16-36(24)25)40-20-7-5-6-19(30)13-20/h6-10,13-17H,11-12H2,1-5H3;5-9,12-16H,10-11H2,1-4H3,(H,37,38). The lowest BCUT2D eigenvalue weighted by Gasteiger charge is -2.28. The summed E-state index contributed by atoms with van der Waals surface area (Å²) in [4.78, 5) is 60.6. The number of halogens is 8. The first-order valence-electron chi connectivity index (χ1n) is 25.3. The average molecular weight is 1160 g/mol. The molecule has 4 aromatic carbocycles. The van der Waals surface area contributed by atoms with Crippen molar-refractivity contribution < 1.29 is 83.1 Å². The second-order valence-corrected chi connectivity index (χ2v) is 20.8. The van der Waals surface area contributed by atoms with Crippen LogP contribution in [0.1, 0.15) is 86.2 Å². The summed E-state index contributed by atoms with van der Waals surface area (Å²) in [6, 6.07) is 22.9. The van der Waals surface area contributed by atoms with Crippen LogP contribution in [0.25, 0.3) is 33.8 Å². The lowest BCUT2D eigenvalue weighted by Crippen LogP contribution is -2.39. The Labute approximate surface area is 470 Å². The van der Waals surface area contributed by atoms with Crippen LogP contribution < -0.4 is 19.3 Å². The first kappa shape index (κ1) is 61.4. The van der Waals surface area contributed by atoms with E-state index >= 15 is 0 Å². The minimum absolute atomic E-state index is 0.0171. The minimum atomic E-state index is -4.57. The molecular weight excluding hydrogens is 1100 g/mol. The highest BCUT2D eigenvalue weighted by Gasteiger charge is 2.35. The summed E-state index contributed by atoms with van der Waals surface area (Å²) in [5, 5.41) is 9.40. The minimum Gasteiger partial charge on any atom is -0.478 e. The van der Waals surface area contributed by atoms with Crippen LogP contribution in [0, 0.1) is 25.5 Å². The summed E-state index contributed by atoms with van der Waals surface area (Å²) in [7, 11) is 1.27. The van der Waals surface area contributed by atoms with E-state index in [-0.39, 0.29) is 51.2 Å². The fourth-order valence-electron chi connectivity index (χ4n) is 8.32. The number of hydrogen-bond donors (Lipinski definition) is 1. The third-order valence-electron chi connectivity index (χ3n) is 11.9. The Morgan fingerprint density at radius 2 is 0.952 bits per heavy atom. The molecule has 0 fully saturated rings. The maximum atomic E-state index is 13.9. The largest absolute Gasteiger partial charge is 0.478 e. The summed E-state index contributed by atoms with van der Waals surface area (Å²) in [6.45, 7) is 11.4. The summed E-state index contributed by atoms with van der Waals surface area (Å²) in [5.41, 5.74) is 1.80. The molecule has 0 spiro atoms. The van der Waals surface area contributed by atoms with Crippen LogP contribution in [0.15, 0.2) is 122 Å². The number of fused-ring (bicyclic) bond motifs is 2. The van der Waals surface area contributed by atoms with E-state index in [9.17, 15) is 59.4 Å². The van der Waals surface area contributed by atoms with Crippen LogP contribution in [0.5, 0.6) is 23.0 Å². The number of carbonyl (C=O) groups excluding carboxylic acids is 3. The number of nitrogens with zero attached hydrogens (tertiary/aromatic N) is 6. The number of aromatic carboxylic acids is 1. The van der Waals surface area contributed by atoms with Crippen molar-refractivity contribution >= 4 is 46.8 Å². The van der Waals surface area contributed by atoms with Gasteiger partial charge in [-0.1, -0.05) is 24.3 Å². The van der Waals surface area contributed by atoms with Gasteiger partial charge in [0.25, 0.3) is 0 Å². The summed E-state index contributed by atoms with van der Waals surface area (Å²) < 4.78 is 138. The molecule has 0 aliphatic rings. The van der Waals surface area contributed by atoms with Crippen molar-refractivity contribution in [1.82, 2.24) is 18.8 Å². The number of carboxylic acid groups (broad SMARTS) is 1.